The van der Waals surface area contributed by atoms with Gasteiger partial charge in [-0.25, -0.2) is 0 Å². The molecular weight excluding hydrogens is 332 g/mol. The van der Waals surface area contributed by atoms with Crippen molar-refractivity contribution in [2.24, 2.45) is 22.7 Å². The van der Waals surface area contributed by atoms with Crippen LogP contribution in [0.4, 0.5) is 0 Å². The van der Waals surface area contributed by atoms with Gasteiger partial charge in [0.1, 0.15) is 0 Å². The molecule has 2 aliphatic carbocycles. The van der Waals surface area contributed by atoms with Gasteiger partial charge in [0, 0.05) is 0 Å². The monoisotopic (exact) mass is 372 g/mol. The van der Waals surface area contributed by atoms with Crippen LogP contribution < -0.4 is 0 Å². The van der Waals surface area contributed by atoms with Crippen LogP contribution in [0.2, 0.25) is 0 Å². The van der Waals surface area contributed by atoms with E-state index in [1.807, 2.05) is 19.1 Å². The number of ether oxygens (including phenoxy) is 1. The number of fused-ring (bicyclic) bond motifs is 1. The topological polar surface area (TPSA) is 26.3 Å². The second-order valence-corrected chi connectivity index (χ2v) is 9.82. The quantitative estimate of drug-likeness (QED) is 0.284. The maximum absolute atomic E-state index is 11.5. The van der Waals surface area contributed by atoms with Gasteiger partial charge in [0.25, 0.3) is 0 Å². The van der Waals surface area contributed by atoms with Gasteiger partial charge < -0.3 is 4.74 Å². The van der Waals surface area contributed by atoms with Gasteiger partial charge in [0.05, 0.1) is 13.0 Å². The van der Waals surface area contributed by atoms with Gasteiger partial charge in [0.15, 0.2) is 0 Å². The van der Waals surface area contributed by atoms with Crippen LogP contribution in [0.15, 0.2) is 34.9 Å². The Morgan fingerprint density at radius 2 is 2.00 bits per heavy atom. The predicted octanol–water partition coefficient (Wildman–Crippen LogP) is 7.02. The average molecular weight is 373 g/mol. The van der Waals surface area contributed by atoms with Gasteiger partial charge in [-0.05, 0) is 76.0 Å². The van der Waals surface area contributed by atoms with Crippen LogP contribution in [0.5, 0.6) is 0 Å². The lowest BCUT2D eigenvalue weighted by molar-refractivity contribution is -0.143. The summed E-state index contributed by atoms with van der Waals surface area (Å²) in [5.74, 6) is 0.452. The fourth-order valence-electron chi connectivity index (χ4n) is 5.75. The van der Waals surface area contributed by atoms with E-state index in [2.05, 4.69) is 40.7 Å². The minimum Gasteiger partial charge on any atom is -0.469 e. The highest BCUT2D eigenvalue weighted by atomic mass is 16.5. The maximum atomic E-state index is 11.5. The summed E-state index contributed by atoms with van der Waals surface area (Å²) < 4.78 is 4.77. The number of rotatable bonds is 6. The summed E-state index contributed by atoms with van der Waals surface area (Å²) in [5.41, 5.74) is 5.63. The third-order valence-corrected chi connectivity index (χ3v) is 7.37. The van der Waals surface area contributed by atoms with Crippen molar-refractivity contribution in [2.45, 2.75) is 86.5 Å². The zero-order chi connectivity index (χ0) is 20.2. The molecule has 1 saturated carbocycles. The SMILES string of the molecule is COC(=O)[C@H](C)/C=C/C=C(\C)CCC1=C(C)CC[C@@H]2C(C)(C)CCC[C@]12C. The van der Waals surface area contributed by atoms with E-state index >= 15 is 0 Å². The minimum atomic E-state index is -0.188. The summed E-state index contributed by atoms with van der Waals surface area (Å²) in [7, 11) is 1.44. The normalized spacial score (nSPS) is 29.6. The Bertz CT molecular complexity index is 635. The van der Waals surface area contributed by atoms with Crippen molar-refractivity contribution in [3.8, 4) is 0 Å². The van der Waals surface area contributed by atoms with E-state index in [1.54, 1.807) is 11.1 Å². The zero-order valence-corrected chi connectivity index (χ0v) is 18.7. The fourth-order valence-corrected chi connectivity index (χ4v) is 5.75. The molecule has 0 radical (unpaired) electrons. The molecule has 1 fully saturated rings. The van der Waals surface area contributed by atoms with Crippen LogP contribution in [0.25, 0.3) is 0 Å². The lowest BCUT2D eigenvalue weighted by atomic mass is 9.50. The van der Waals surface area contributed by atoms with E-state index in [9.17, 15) is 4.79 Å². The fraction of sp³-hybridized carbons (Fsp3) is 0.720. The Hall–Kier alpha value is -1.31. The summed E-state index contributed by atoms with van der Waals surface area (Å²) >= 11 is 0. The number of carbonyl (C=O) groups excluding carboxylic acids is 1. The van der Waals surface area contributed by atoms with E-state index in [0.29, 0.717) is 10.8 Å². The highest BCUT2D eigenvalue weighted by Crippen LogP contribution is 2.60. The standard InChI is InChI=1S/C25H40O2/c1-18(10-8-11-20(3)23(26)27-7)12-14-21-19(2)13-15-22-24(4,5)16-9-17-25(21,22)6/h8,10-11,20,22H,9,12-17H2,1-7H3/b11-8+,18-10+/t20-,22-,25-/m1/s1. The number of esters is 1. The van der Waals surface area contributed by atoms with Crippen LogP contribution in [-0.2, 0) is 9.53 Å². The molecule has 0 spiro atoms. The van der Waals surface area contributed by atoms with Crippen LogP contribution in [0.1, 0.15) is 86.5 Å². The van der Waals surface area contributed by atoms with Crippen molar-refractivity contribution in [2.75, 3.05) is 7.11 Å². The van der Waals surface area contributed by atoms with Crippen molar-refractivity contribution in [1.82, 2.24) is 0 Å². The first-order valence-electron chi connectivity index (χ1n) is 10.7. The number of methoxy groups -OCH3 is 1. The third kappa shape index (κ3) is 4.95. The van der Waals surface area contributed by atoms with Crippen molar-refractivity contribution in [3.63, 3.8) is 0 Å². The van der Waals surface area contributed by atoms with Crippen molar-refractivity contribution < 1.29 is 9.53 Å². The van der Waals surface area contributed by atoms with E-state index in [4.69, 9.17) is 4.74 Å². The van der Waals surface area contributed by atoms with Gasteiger partial charge in [0.2, 0.25) is 0 Å². The van der Waals surface area contributed by atoms with Crippen molar-refractivity contribution in [3.05, 3.63) is 34.9 Å². The predicted molar refractivity (Wildman–Crippen MR) is 114 cm³/mol. The summed E-state index contributed by atoms with van der Waals surface area (Å²) in [6, 6.07) is 0. The molecule has 0 aliphatic heterocycles. The summed E-state index contributed by atoms with van der Waals surface area (Å²) in [5, 5.41) is 0. The molecule has 2 aliphatic rings. The smallest absolute Gasteiger partial charge is 0.312 e. The highest BCUT2D eigenvalue weighted by molar-refractivity contribution is 5.73. The molecule has 0 aromatic carbocycles. The van der Waals surface area contributed by atoms with Crippen LogP contribution >= 0.6 is 0 Å². The Morgan fingerprint density at radius 3 is 2.67 bits per heavy atom. The molecule has 27 heavy (non-hydrogen) atoms. The number of carbonyl (C=O) groups is 1. The van der Waals surface area contributed by atoms with Crippen molar-refractivity contribution >= 4 is 5.97 Å². The molecule has 152 valence electrons. The van der Waals surface area contributed by atoms with E-state index < -0.39 is 0 Å². The summed E-state index contributed by atoms with van der Waals surface area (Å²) in [4.78, 5) is 11.5. The number of allylic oxidation sites excluding steroid dienone is 5. The van der Waals surface area contributed by atoms with E-state index in [1.165, 1.54) is 51.2 Å². The van der Waals surface area contributed by atoms with E-state index in [-0.39, 0.29) is 11.9 Å². The lowest BCUT2D eigenvalue weighted by Crippen LogP contribution is -2.45. The molecule has 0 bridgehead atoms. The molecule has 0 amide bonds. The van der Waals surface area contributed by atoms with Gasteiger partial charge in [-0.2, -0.15) is 0 Å². The highest BCUT2D eigenvalue weighted by Gasteiger charge is 2.49. The molecular formula is C25H40O2. The van der Waals surface area contributed by atoms with Crippen molar-refractivity contribution in [1.29, 1.82) is 0 Å². The Labute approximate surface area is 167 Å². The Kier molecular flexibility index (Phi) is 7.16. The summed E-state index contributed by atoms with van der Waals surface area (Å²) in [6.07, 6.45) is 15.1. The summed E-state index contributed by atoms with van der Waals surface area (Å²) in [6.45, 7) is 14.0. The first-order chi connectivity index (χ1) is 12.6. The largest absolute Gasteiger partial charge is 0.469 e. The Balaban J connectivity index is 2.06. The van der Waals surface area contributed by atoms with Gasteiger partial charge in [-0.15, -0.1) is 0 Å². The first kappa shape index (κ1) is 22.0. The average Bonchev–Trinajstić information content (AvgIpc) is 2.59. The van der Waals surface area contributed by atoms with Gasteiger partial charge >= 0.3 is 5.97 Å². The zero-order valence-electron chi connectivity index (χ0n) is 18.7. The second-order valence-electron chi connectivity index (χ2n) is 9.82. The molecule has 0 aromatic rings. The third-order valence-electron chi connectivity index (χ3n) is 7.37. The number of hydrogen-bond donors (Lipinski definition) is 0. The minimum absolute atomic E-state index is 0.181. The molecule has 2 nitrogen and oxygen atoms in total. The molecule has 2 rings (SSSR count). The first-order valence-corrected chi connectivity index (χ1v) is 10.7. The van der Waals surface area contributed by atoms with Crippen LogP contribution in [-0.4, -0.2) is 13.1 Å². The van der Waals surface area contributed by atoms with Crippen LogP contribution in [0.3, 0.4) is 0 Å². The number of hydrogen-bond acceptors (Lipinski definition) is 2. The molecule has 0 heterocycles. The maximum Gasteiger partial charge on any atom is 0.312 e. The molecule has 3 atom stereocenters. The van der Waals surface area contributed by atoms with Crippen LogP contribution in [0, 0.1) is 22.7 Å². The molecule has 0 saturated heterocycles. The molecule has 2 heteroatoms. The van der Waals surface area contributed by atoms with Gasteiger partial charge in [-0.3, -0.25) is 4.79 Å². The molecule has 0 N–H and O–H groups in total. The molecule has 0 unspecified atom stereocenters. The van der Waals surface area contributed by atoms with E-state index in [0.717, 1.165) is 12.3 Å². The van der Waals surface area contributed by atoms with Gasteiger partial charge in [-0.1, -0.05) is 62.1 Å². The second kappa shape index (κ2) is 8.80. The lowest BCUT2D eigenvalue weighted by Gasteiger charge is -2.55. The Morgan fingerprint density at radius 1 is 1.30 bits per heavy atom. The molecule has 0 aromatic heterocycles.